The summed E-state index contributed by atoms with van der Waals surface area (Å²) in [5.74, 6) is 0.182. The van der Waals surface area contributed by atoms with Crippen LogP contribution in [0.5, 0.6) is 11.8 Å². The molecule has 2 aliphatic rings. The van der Waals surface area contributed by atoms with Gasteiger partial charge in [0.1, 0.15) is 29.1 Å². The fourth-order valence-corrected chi connectivity index (χ4v) is 7.16. The van der Waals surface area contributed by atoms with E-state index in [1.54, 1.807) is 6.07 Å². The van der Waals surface area contributed by atoms with Crippen molar-refractivity contribution in [3.8, 4) is 79.8 Å². The van der Waals surface area contributed by atoms with E-state index in [0.717, 1.165) is 61.5 Å². The van der Waals surface area contributed by atoms with Gasteiger partial charge < -0.3 is 9.47 Å². The van der Waals surface area contributed by atoms with Gasteiger partial charge in [0.25, 0.3) is 0 Å². The minimum absolute atomic E-state index is 0.275. The van der Waals surface area contributed by atoms with E-state index in [9.17, 15) is 10.5 Å². The number of methoxy groups -OCH3 is 1. The van der Waals surface area contributed by atoms with Gasteiger partial charge in [0.2, 0.25) is 11.8 Å². The number of aromatic nitrogens is 2. The van der Waals surface area contributed by atoms with Gasteiger partial charge >= 0.3 is 0 Å². The molecule has 2 aromatic heterocycles. The number of hydrogen-bond acceptors (Lipinski definition) is 6. The van der Waals surface area contributed by atoms with Crippen molar-refractivity contribution in [3.63, 3.8) is 0 Å². The van der Waals surface area contributed by atoms with E-state index < -0.39 is 0 Å². The standard InChI is InChI=1S/C41H27FN4O2/c1-3-48-41-34(22-44)37(31-18-24-11-7-8-12-28(24)38(31)46-41)26-14-16-35(42)30(19-26)25-13-15-29-27(17-25)20-32-36(23-9-5-4-6-10-23)33(21-43)40(47-2)45-39(29)32/h4-17,19H,3,18,20H2,1-2H3. The molecule has 0 N–H and O–H groups in total. The third kappa shape index (κ3) is 4.44. The first-order chi connectivity index (χ1) is 23.5. The predicted octanol–water partition coefficient (Wildman–Crippen LogP) is 8.91. The van der Waals surface area contributed by atoms with Crippen LogP contribution in [0.15, 0.2) is 91.0 Å². The Labute approximate surface area is 277 Å². The lowest BCUT2D eigenvalue weighted by Gasteiger charge is -2.16. The Kier molecular flexibility index (Phi) is 6.97. The van der Waals surface area contributed by atoms with E-state index in [2.05, 4.69) is 18.2 Å². The van der Waals surface area contributed by atoms with Crippen molar-refractivity contribution in [2.45, 2.75) is 19.8 Å². The summed E-state index contributed by atoms with van der Waals surface area (Å²) in [5, 5.41) is 20.5. The Hall–Kier alpha value is -6.31. The highest BCUT2D eigenvalue weighted by molar-refractivity contribution is 5.90. The molecule has 0 aliphatic heterocycles. The summed E-state index contributed by atoms with van der Waals surface area (Å²) < 4.78 is 27.2. The second-order valence-corrected chi connectivity index (χ2v) is 11.8. The van der Waals surface area contributed by atoms with Crippen LogP contribution in [0.25, 0.3) is 55.9 Å². The molecule has 7 heteroatoms. The summed E-state index contributed by atoms with van der Waals surface area (Å²) >= 11 is 0. The zero-order chi connectivity index (χ0) is 32.9. The number of benzene rings is 4. The highest BCUT2D eigenvalue weighted by atomic mass is 19.1. The summed E-state index contributed by atoms with van der Waals surface area (Å²) in [4.78, 5) is 9.57. The summed E-state index contributed by atoms with van der Waals surface area (Å²) in [6.45, 7) is 2.22. The average molecular weight is 627 g/mol. The van der Waals surface area contributed by atoms with Gasteiger partial charge in [-0.05, 0) is 58.0 Å². The molecule has 0 saturated heterocycles. The maximum absolute atomic E-state index is 15.8. The monoisotopic (exact) mass is 626 g/mol. The molecule has 0 atom stereocenters. The molecule has 0 unspecified atom stereocenters. The normalized spacial score (nSPS) is 11.9. The van der Waals surface area contributed by atoms with Crippen molar-refractivity contribution < 1.29 is 13.9 Å². The van der Waals surface area contributed by atoms with Crippen molar-refractivity contribution in [3.05, 3.63) is 130 Å². The van der Waals surface area contributed by atoms with Gasteiger partial charge in [-0.2, -0.15) is 10.5 Å². The number of nitrogens with zero attached hydrogens (tertiary/aromatic N) is 4. The van der Waals surface area contributed by atoms with Crippen LogP contribution in [0, 0.1) is 28.5 Å². The molecule has 230 valence electrons. The number of ether oxygens (including phenoxy) is 2. The number of halogens is 1. The number of hydrogen-bond donors (Lipinski definition) is 0. The SMILES string of the molecule is CCOc1nc2c(c(-c3ccc(F)c(-c4ccc5c(c4)Cc4c-5nc(OC)c(C#N)c4-c4ccccc4)c3)c1C#N)Cc1ccccc1-2. The largest absolute Gasteiger partial charge is 0.480 e. The maximum atomic E-state index is 15.8. The molecule has 2 aliphatic carbocycles. The second-order valence-electron chi connectivity index (χ2n) is 11.8. The quantitative estimate of drug-likeness (QED) is 0.183. The van der Waals surface area contributed by atoms with Crippen molar-refractivity contribution >= 4 is 0 Å². The molecule has 0 bridgehead atoms. The smallest absolute Gasteiger partial charge is 0.232 e. The molecule has 0 saturated carbocycles. The summed E-state index contributed by atoms with van der Waals surface area (Å²) in [7, 11) is 1.52. The van der Waals surface area contributed by atoms with E-state index in [4.69, 9.17) is 19.4 Å². The summed E-state index contributed by atoms with van der Waals surface area (Å²) in [6.07, 6.45) is 1.14. The first-order valence-corrected chi connectivity index (χ1v) is 15.7. The van der Waals surface area contributed by atoms with Crippen LogP contribution < -0.4 is 9.47 Å². The Morgan fingerprint density at radius 3 is 2.02 bits per heavy atom. The van der Waals surface area contributed by atoms with Gasteiger partial charge in [-0.1, -0.05) is 78.9 Å². The fourth-order valence-electron chi connectivity index (χ4n) is 7.16. The van der Waals surface area contributed by atoms with E-state index in [1.165, 1.54) is 13.2 Å². The van der Waals surface area contributed by atoms with Crippen LogP contribution in [0.3, 0.4) is 0 Å². The van der Waals surface area contributed by atoms with Crippen LogP contribution in [0.4, 0.5) is 4.39 Å². The van der Waals surface area contributed by atoms with Crippen LogP contribution in [-0.2, 0) is 12.8 Å². The Morgan fingerprint density at radius 2 is 1.29 bits per heavy atom. The van der Waals surface area contributed by atoms with Crippen LogP contribution >= 0.6 is 0 Å². The number of fused-ring (bicyclic) bond motifs is 6. The number of nitriles is 2. The van der Waals surface area contributed by atoms with Gasteiger partial charge in [0.05, 0.1) is 25.1 Å². The molecule has 0 spiro atoms. The van der Waals surface area contributed by atoms with Gasteiger partial charge in [-0.3, -0.25) is 0 Å². The molecule has 0 radical (unpaired) electrons. The van der Waals surface area contributed by atoms with Crippen LogP contribution in [0.1, 0.15) is 40.3 Å². The zero-order valence-electron chi connectivity index (χ0n) is 26.3. The van der Waals surface area contributed by atoms with E-state index in [1.807, 2.05) is 79.7 Å². The fraction of sp³-hybridized carbons (Fsp3) is 0.122. The molecule has 0 fully saturated rings. The average Bonchev–Trinajstić information content (AvgIpc) is 3.68. The van der Waals surface area contributed by atoms with E-state index in [0.29, 0.717) is 47.3 Å². The van der Waals surface area contributed by atoms with Crippen molar-refractivity contribution in [2.75, 3.05) is 13.7 Å². The molecular weight excluding hydrogens is 599 g/mol. The van der Waals surface area contributed by atoms with Gasteiger partial charge in [0, 0.05) is 40.7 Å². The minimum Gasteiger partial charge on any atom is -0.480 e. The van der Waals surface area contributed by atoms with Crippen LogP contribution in [-0.4, -0.2) is 23.7 Å². The lowest BCUT2D eigenvalue weighted by Crippen LogP contribution is -2.03. The first-order valence-electron chi connectivity index (χ1n) is 15.7. The molecule has 2 heterocycles. The number of pyridine rings is 2. The summed E-state index contributed by atoms with van der Waals surface area (Å²) in [6, 6.07) is 33.4. The van der Waals surface area contributed by atoms with E-state index in [-0.39, 0.29) is 17.6 Å². The topological polar surface area (TPSA) is 91.8 Å². The Bertz CT molecular complexity index is 2390. The lowest BCUT2D eigenvalue weighted by molar-refractivity contribution is 0.326. The zero-order valence-corrected chi connectivity index (χ0v) is 26.3. The van der Waals surface area contributed by atoms with E-state index >= 15 is 4.39 Å². The third-order valence-corrected chi connectivity index (χ3v) is 9.22. The molecule has 4 aromatic carbocycles. The summed E-state index contributed by atoms with van der Waals surface area (Å²) in [5.41, 5.74) is 12.4. The van der Waals surface area contributed by atoms with Crippen LogP contribution in [0.2, 0.25) is 0 Å². The minimum atomic E-state index is -0.372. The molecule has 0 amide bonds. The van der Waals surface area contributed by atoms with Gasteiger partial charge in [-0.25, -0.2) is 14.4 Å². The molecular formula is C41H27FN4O2. The Morgan fingerprint density at radius 1 is 0.667 bits per heavy atom. The second kappa shape index (κ2) is 11.5. The van der Waals surface area contributed by atoms with Gasteiger partial charge in [0.15, 0.2) is 0 Å². The lowest BCUT2D eigenvalue weighted by atomic mass is 9.91. The van der Waals surface area contributed by atoms with Crippen molar-refractivity contribution in [2.24, 2.45) is 0 Å². The Balaban J connectivity index is 1.27. The highest BCUT2D eigenvalue weighted by Gasteiger charge is 2.31. The van der Waals surface area contributed by atoms with Gasteiger partial charge in [-0.15, -0.1) is 0 Å². The molecule has 6 nitrogen and oxygen atoms in total. The number of rotatable bonds is 6. The van der Waals surface area contributed by atoms with Crippen molar-refractivity contribution in [1.82, 2.24) is 9.97 Å². The molecule has 8 rings (SSSR count). The highest BCUT2D eigenvalue weighted by Crippen LogP contribution is 2.47. The molecule has 48 heavy (non-hydrogen) atoms. The predicted molar refractivity (Wildman–Crippen MR) is 182 cm³/mol. The maximum Gasteiger partial charge on any atom is 0.232 e. The third-order valence-electron chi connectivity index (χ3n) is 9.22. The first kappa shape index (κ1) is 29.1. The van der Waals surface area contributed by atoms with Crippen molar-refractivity contribution in [1.29, 1.82) is 10.5 Å². The molecule has 6 aromatic rings.